The Bertz CT molecular complexity index is 846. The van der Waals surface area contributed by atoms with Crippen molar-refractivity contribution in [3.63, 3.8) is 0 Å². The highest BCUT2D eigenvalue weighted by atomic mass is 35.5. The predicted octanol–water partition coefficient (Wildman–Crippen LogP) is 2.61. The van der Waals surface area contributed by atoms with Gasteiger partial charge < -0.3 is 20.0 Å². The van der Waals surface area contributed by atoms with E-state index in [0.29, 0.717) is 37.2 Å². The van der Waals surface area contributed by atoms with Gasteiger partial charge in [0.2, 0.25) is 0 Å². The minimum absolute atomic E-state index is 0.125. The zero-order valence-electron chi connectivity index (χ0n) is 14.9. The van der Waals surface area contributed by atoms with Crippen molar-refractivity contribution in [2.45, 2.75) is 13.0 Å². The fourth-order valence-corrected chi connectivity index (χ4v) is 3.44. The molecule has 0 unspecified atom stereocenters. The van der Waals surface area contributed by atoms with Crippen LogP contribution in [-0.2, 0) is 0 Å². The van der Waals surface area contributed by atoms with Gasteiger partial charge in [-0.25, -0.2) is 14.2 Å². The van der Waals surface area contributed by atoms with Crippen molar-refractivity contribution in [3.8, 4) is 0 Å². The molecule has 3 aliphatic heterocycles. The Morgan fingerprint density at radius 3 is 2.81 bits per heavy atom. The van der Waals surface area contributed by atoms with Gasteiger partial charge >= 0.3 is 6.03 Å². The minimum Gasteiger partial charge on any atom is -0.353 e. The van der Waals surface area contributed by atoms with Gasteiger partial charge in [-0.3, -0.25) is 4.99 Å². The largest absolute Gasteiger partial charge is 0.353 e. The molecule has 0 radical (unpaired) electrons. The average molecular weight is 391 g/mol. The van der Waals surface area contributed by atoms with Crippen LogP contribution >= 0.6 is 11.6 Å². The Hall–Kier alpha value is -2.61. The third-order valence-electron chi connectivity index (χ3n) is 4.89. The molecular weight excluding hydrogens is 371 g/mol. The highest BCUT2D eigenvalue weighted by molar-refractivity contribution is 6.30. The van der Waals surface area contributed by atoms with Crippen molar-refractivity contribution in [2.75, 3.05) is 38.0 Å². The first-order valence-corrected chi connectivity index (χ1v) is 9.23. The number of benzene rings is 1. The Kier molecular flexibility index (Phi) is 4.73. The van der Waals surface area contributed by atoms with E-state index in [-0.39, 0.29) is 11.7 Å². The summed E-state index contributed by atoms with van der Waals surface area (Å²) in [7, 11) is 0. The van der Waals surface area contributed by atoms with Crippen molar-refractivity contribution in [2.24, 2.45) is 9.98 Å². The zero-order chi connectivity index (χ0) is 19.0. The standard InChI is InChI=1S/C18H20ClFN6O/c1-12-10-21-17-9-16(22-11-26(12)17)24-4-6-25(7-5-24)18(27)23-15-3-2-13(19)8-14(15)20/h2-3,8-9,11-12H,4-7,10H2,1H3,(H,23,27)/t12-/m0/s1. The first kappa shape index (κ1) is 17.8. The molecule has 0 bridgehead atoms. The number of amidine groups is 1. The average Bonchev–Trinajstić information content (AvgIpc) is 3.04. The second-order valence-corrected chi connectivity index (χ2v) is 7.17. The quantitative estimate of drug-likeness (QED) is 0.844. The molecule has 1 aromatic carbocycles. The molecular formula is C18H20ClFN6O. The van der Waals surface area contributed by atoms with Crippen LogP contribution in [0.4, 0.5) is 14.9 Å². The second kappa shape index (κ2) is 7.19. The lowest BCUT2D eigenvalue weighted by atomic mass is 10.2. The lowest BCUT2D eigenvalue weighted by Gasteiger charge is -2.37. The fourth-order valence-electron chi connectivity index (χ4n) is 3.28. The van der Waals surface area contributed by atoms with Crippen LogP contribution < -0.4 is 5.32 Å². The van der Waals surface area contributed by atoms with Crippen LogP contribution in [0.3, 0.4) is 0 Å². The van der Waals surface area contributed by atoms with E-state index in [4.69, 9.17) is 11.6 Å². The lowest BCUT2D eigenvalue weighted by Crippen LogP contribution is -2.50. The summed E-state index contributed by atoms with van der Waals surface area (Å²) in [5, 5.41) is 2.89. The van der Waals surface area contributed by atoms with E-state index in [2.05, 4.69) is 32.0 Å². The number of urea groups is 1. The number of carbonyl (C=O) groups is 1. The fraction of sp³-hybridized carbons (Fsp3) is 0.389. The van der Waals surface area contributed by atoms with Crippen LogP contribution in [0.25, 0.3) is 0 Å². The Labute approximate surface area is 161 Å². The Morgan fingerprint density at radius 2 is 2.07 bits per heavy atom. The summed E-state index contributed by atoms with van der Waals surface area (Å²) in [6, 6.07) is 4.20. The molecule has 1 N–H and O–H groups in total. The topological polar surface area (TPSA) is 63.5 Å². The first-order chi connectivity index (χ1) is 13.0. The molecule has 0 aromatic heterocycles. The first-order valence-electron chi connectivity index (χ1n) is 8.86. The molecule has 142 valence electrons. The van der Waals surface area contributed by atoms with Crippen LogP contribution in [-0.4, -0.2) is 71.7 Å². The van der Waals surface area contributed by atoms with Gasteiger partial charge in [0.15, 0.2) is 0 Å². The number of nitrogens with zero attached hydrogens (tertiary/aromatic N) is 5. The molecule has 1 atom stereocenters. The van der Waals surface area contributed by atoms with E-state index >= 15 is 0 Å². The summed E-state index contributed by atoms with van der Waals surface area (Å²) >= 11 is 5.74. The zero-order valence-corrected chi connectivity index (χ0v) is 15.7. The van der Waals surface area contributed by atoms with Gasteiger partial charge in [-0.15, -0.1) is 0 Å². The van der Waals surface area contributed by atoms with E-state index in [9.17, 15) is 9.18 Å². The van der Waals surface area contributed by atoms with E-state index in [1.807, 2.05) is 12.4 Å². The smallest absolute Gasteiger partial charge is 0.322 e. The number of hydrogen-bond donors (Lipinski definition) is 1. The number of hydrogen-bond acceptors (Lipinski definition) is 5. The van der Waals surface area contributed by atoms with Crippen molar-refractivity contribution in [1.29, 1.82) is 0 Å². The maximum atomic E-state index is 13.9. The predicted molar refractivity (Wildman–Crippen MR) is 104 cm³/mol. The number of halogens is 2. The molecule has 3 aliphatic rings. The summed E-state index contributed by atoms with van der Waals surface area (Å²) in [6.45, 7) is 5.26. The molecule has 0 spiro atoms. The molecule has 7 nitrogen and oxygen atoms in total. The summed E-state index contributed by atoms with van der Waals surface area (Å²) in [4.78, 5) is 27.3. The normalized spacial score (nSPS) is 21.7. The van der Waals surface area contributed by atoms with E-state index < -0.39 is 5.82 Å². The van der Waals surface area contributed by atoms with Crippen LogP contribution in [0.2, 0.25) is 5.02 Å². The third kappa shape index (κ3) is 3.62. The number of carbonyl (C=O) groups excluding carboxylic acids is 1. The van der Waals surface area contributed by atoms with Gasteiger partial charge in [-0.2, -0.15) is 0 Å². The molecule has 9 heteroatoms. The van der Waals surface area contributed by atoms with Crippen LogP contribution in [0.5, 0.6) is 0 Å². The molecule has 1 fully saturated rings. The maximum absolute atomic E-state index is 13.9. The Balaban J connectivity index is 1.34. The Morgan fingerprint density at radius 1 is 1.30 bits per heavy atom. The molecule has 0 aliphatic carbocycles. The highest BCUT2D eigenvalue weighted by Crippen LogP contribution is 2.21. The van der Waals surface area contributed by atoms with Crippen molar-refractivity contribution in [1.82, 2.24) is 14.7 Å². The molecule has 3 heterocycles. The number of piperazine rings is 1. The van der Waals surface area contributed by atoms with Gasteiger partial charge in [0.05, 0.1) is 24.6 Å². The number of anilines is 1. The van der Waals surface area contributed by atoms with Crippen molar-refractivity contribution >= 4 is 35.5 Å². The molecule has 2 amide bonds. The minimum atomic E-state index is -0.549. The number of amides is 2. The summed E-state index contributed by atoms with van der Waals surface area (Å²) in [5.41, 5.74) is 0.125. The number of rotatable bonds is 2. The summed E-state index contributed by atoms with van der Waals surface area (Å²) in [5.74, 6) is 1.25. The maximum Gasteiger partial charge on any atom is 0.322 e. The van der Waals surface area contributed by atoms with Crippen LogP contribution in [0.15, 0.2) is 40.1 Å². The van der Waals surface area contributed by atoms with Gasteiger partial charge in [-0.1, -0.05) is 11.6 Å². The van der Waals surface area contributed by atoms with Gasteiger partial charge in [0, 0.05) is 37.3 Å². The molecule has 0 saturated carbocycles. The lowest BCUT2D eigenvalue weighted by molar-refractivity contribution is 0.166. The molecule has 27 heavy (non-hydrogen) atoms. The van der Waals surface area contributed by atoms with Gasteiger partial charge in [-0.05, 0) is 25.1 Å². The van der Waals surface area contributed by atoms with Crippen molar-refractivity contribution in [3.05, 3.63) is 40.9 Å². The molecule has 1 saturated heterocycles. The summed E-state index contributed by atoms with van der Waals surface area (Å²) < 4.78 is 13.9. The van der Waals surface area contributed by atoms with Gasteiger partial charge in [0.25, 0.3) is 0 Å². The van der Waals surface area contributed by atoms with Gasteiger partial charge in [0.1, 0.15) is 17.5 Å². The second-order valence-electron chi connectivity index (χ2n) is 6.73. The number of aliphatic imine (C=N–C) groups is 2. The van der Waals surface area contributed by atoms with E-state index in [1.54, 1.807) is 11.0 Å². The monoisotopic (exact) mass is 390 g/mol. The number of fused-ring (bicyclic) bond motifs is 1. The van der Waals surface area contributed by atoms with Crippen LogP contribution in [0.1, 0.15) is 6.92 Å². The third-order valence-corrected chi connectivity index (χ3v) is 5.13. The van der Waals surface area contributed by atoms with Crippen molar-refractivity contribution < 1.29 is 9.18 Å². The SMILES string of the molecule is C[C@H]1CN=C2C=C(N3CCN(C(=O)Nc4ccc(Cl)cc4F)CC3)N=CN21. The van der Waals surface area contributed by atoms with E-state index in [1.165, 1.54) is 12.1 Å². The highest BCUT2D eigenvalue weighted by Gasteiger charge is 2.28. The molecule has 4 rings (SSSR count). The number of nitrogens with one attached hydrogen (secondary N) is 1. The molecule has 1 aromatic rings. The van der Waals surface area contributed by atoms with E-state index in [0.717, 1.165) is 18.2 Å². The summed E-state index contributed by atoms with van der Waals surface area (Å²) in [6.07, 6.45) is 3.82. The van der Waals surface area contributed by atoms with Crippen LogP contribution in [0, 0.1) is 5.82 Å².